The minimum atomic E-state index is -0.361. The summed E-state index contributed by atoms with van der Waals surface area (Å²) >= 11 is 0. The molecule has 0 aliphatic carbocycles. The number of amides is 2. The molecule has 0 aromatic carbocycles. The van der Waals surface area contributed by atoms with Crippen molar-refractivity contribution in [3.8, 4) is 0 Å². The molecule has 2 amide bonds. The van der Waals surface area contributed by atoms with E-state index >= 15 is 0 Å². The molecule has 1 aromatic heterocycles. The van der Waals surface area contributed by atoms with Gasteiger partial charge in [0.15, 0.2) is 0 Å². The highest BCUT2D eigenvalue weighted by molar-refractivity contribution is 5.95. The summed E-state index contributed by atoms with van der Waals surface area (Å²) in [5, 5.41) is 9.27. The summed E-state index contributed by atoms with van der Waals surface area (Å²) in [4.78, 5) is 22.4. The van der Waals surface area contributed by atoms with Gasteiger partial charge < -0.3 is 16.4 Å². The van der Waals surface area contributed by atoms with E-state index in [0.717, 1.165) is 11.4 Å². The van der Waals surface area contributed by atoms with Crippen LogP contribution in [0.3, 0.4) is 0 Å². The van der Waals surface area contributed by atoms with Crippen molar-refractivity contribution in [3.05, 3.63) is 11.4 Å². The lowest BCUT2D eigenvalue weighted by Crippen LogP contribution is -2.36. The molecule has 0 spiro atoms. The number of nitrogens with one attached hydrogen (secondary N) is 2. The lowest BCUT2D eigenvalue weighted by Gasteiger charge is -2.06. The average molecular weight is 239 g/mol. The van der Waals surface area contributed by atoms with Crippen molar-refractivity contribution in [1.82, 2.24) is 15.1 Å². The maximum absolute atomic E-state index is 11.5. The van der Waals surface area contributed by atoms with Gasteiger partial charge in [-0.3, -0.25) is 14.3 Å². The van der Waals surface area contributed by atoms with Gasteiger partial charge in [-0.25, -0.2) is 0 Å². The predicted molar refractivity (Wildman–Crippen MR) is 63.4 cm³/mol. The second-order valence-corrected chi connectivity index (χ2v) is 3.70. The molecule has 1 rings (SSSR count). The van der Waals surface area contributed by atoms with Gasteiger partial charge in [-0.05, 0) is 13.8 Å². The molecule has 7 nitrogen and oxygen atoms in total. The lowest BCUT2D eigenvalue weighted by atomic mass is 10.3. The second-order valence-electron chi connectivity index (χ2n) is 3.70. The Hall–Kier alpha value is -1.89. The number of aryl methyl sites for hydroxylation is 2. The number of rotatable bonds is 4. The Labute approximate surface area is 99.4 Å². The molecule has 0 fully saturated rings. The van der Waals surface area contributed by atoms with Gasteiger partial charge in [0, 0.05) is 7.05 Å². The average Bonchev–Trinajstić information content (AvgIpc) is 2.53. The van der Waals surface area contributed by atoms with Gasteiger partial charge in [0.2, 0.25) is 11.8 Å². The molecule has 0 aliphatic heterocycles. The van der Waals surface area contributed by atoms with Gasteiger partial charge in [-0.1, -0.05) is 0 Å². The lowest BCUT2D eigenvalue weighted by molar-refractivity contribution is -0.123. The van der Waals surface area contributed by atoms with E-state index in [0.29, 0.717) is 5.69 Å². The Kier molecular flexibility index (Phi) is 4.22. The maximum Gasteiger partial charge on any atom is 0.243 e. The number of anilines is 1. The molecule has 7 heteroatoms. The van der Waals surface area contributed by atoms with Crippen molar-refractivity contribution in [2.75, 3.05) is 18.4 Å². The zero-order chi connectivity index (χ0) is 13.0. The summed E-state index contributed by atoms with van der Waals surface area (Å²) in [7, 11) is 1.80. The van der Waals surface area contributed by atoms with Crippen molar-refractivity contribution in [1.29, 1.82) is 0 Å². The summed E-state index contributed by atoms with van der Waals surface area (Å²) in [6.45, 7) is 3.44. The smallest absolute Gasteiger partial charge is 0.243 e. The van der Waals surface area contributed by atoms with Crippen LogP contribution in [0.15, 0.2) is 0 Å². The fraction of sp³-hybridized carbons (Fsp3) is 0.500. The van der Waals surface area contributed by atoms with Crippen LogP contribution in [0.1, 0.15) is 11.4 Å². The Morgan fingerprint density at radius 3 is 2.47 bits per heavy atom. The number of carbonyl (C=O) groups is 2. The molecular weight excluding hydrogens is 222 g/mol. The first kappa shape index (κ1) is 13.2. The third-order valence-corrected chi connectivity index (χ3v) is 2.40. The third-order valence-electron chi connectivity index (χ3n) is 2.40. The van der Waals surface area contributed by atoms with E-state index in [1.807, 2.05) is 6.92 Å². The van der Waals surface area contributed by atoms with Gasteiger partial charge in [-0.2, -0.15) is 5.10 Å². The van der Waals surface area contributed by atoms with E-state index in [-0.39, 0.29) is 24.9 Å². The van der Waals surface area contributed by atoms with Crippen LogP contribution in [0, 0.1) is 13.8 Å². The second kappa shape index (κ2) is 5.44. The first-order valence-corrected chi connectivity index (χ1v) is 5.22. The number of hydrogen-bond donors (Lipinski definition) is 3. The first-order valence-electron chi connectivity index (χ1n) is 5.22. The van der Waals surface area contributed by atoms with Crippen LogP contribution >= 0.6 is 0 Å². The number of hydrogen-bond acceptors (Lipinski definition) is 4. The van der Waals surface area contributed by atoms with Gasteiger partial charge in [0.25, 0.3) is 0 Å². The van der Waals surface area contributed by atoms with Gasteiger partial charge in [0.05, 0.1) is 30.2 Å². The van der Waals surface area contributed by atoms with Crippen molar-refractivity contribution in [2.45, 2.75) is 13.8 Å². The molecule has 0 aliphatic rings. The number of nitrogens with zero attached hydrogens (tertiary/aromatic N) is 2. The summed E-state index contributed by atoms with van der Waals surface area (Å²) in [6, 6.07) is 0. The normalized spacial score (nSPS) is 10.1. The summed E-state index contributed by atoms with van der Waals surface area (Å²) in [5.74, 6) is -0.661. The van der Waals surface area contributed by atoms with Crippen LogP contribution in [-0.2, 0) is 16.6 Å². The van der Waals surface area contributed by atoms with Crippen LogP contribution in [-0.4, -0.2) is 34.7 Å². The molecule has 0 saturated carbocycles. The van der Waals surface area contributed by atoms with Crippen LogP contribution in [0.25, 0.3) is 0 Å². The van der Waals surface area contributed by atoms with Crippen LogP contribution in [0.2, 0.25) is 0 Å². The zero-order valence-electron chi connectivity index (χ0n) is 10.2. The minimum absolute atomic E-state index is 0.0934. The zero-order valence-corrected chi connectivity index (χ0v) is 10.2. The Morgan fingerprint density at radius 2 is 2.00 bits per heavy atom. The van der Waals surface area contributed by atoms with E-state index < -0.39 is 0 Å². The molecule has 0 radical (unpaired) electrons. The topological polar surface area (TPSA) is 102 Å². The summed E-state index contributed by atoms with van der Waals surface area (Å²) < 4.78 is 1.68. The third kappa shape index (κ3) is 3.28. The van der Waals surface area contributed by atoms with Gasteiger partial charge >= 0.3 is 0 Å². The molecule has 1 heterocycles. The van der Waals surface area contributed by atoms with Crippen LogP contribution in [0.4, 0.5) is 5.69 Å². The summed E-state index contributed by atoms with van der Waals surface area (Å²) in [6.07, 6.45) is 0. The highest BCUT2D eigenvalue weighted by atomic mass is 16.2. The maximum atomic E-state index is 11.5. The van der Waals surface area contributed by atoms with Gasteiger partial charge in [0.1, 0.15) is 0 Å². The molecule has 17 heavy (non-hydrogen) atoms. The van der Waals surface area contributed by atoms with Crippen molar-refractivity contribution < 1.29 is 9.59 Å². The fourth-order valence-corrected chi connectivity index (χ4v) is 1.39. The van der Waals surface area contributed by atoms with Crippen molar-refractivity contribution in [2.24, 2.45) is 12.8 Å². The molecule has 0 atom stereocenters. The van der Waals surface area contributed by atoms with Crippen molar-refractivity contribution in [3.63, 3.8) is 0 Å². The van der Waals surface area contributed by atoms with Gasteiger partial charge in [-0.15, -0.1) is 0 Å². The van der Waals surface area contributed by atoms with E-state index in [1.54, 1.807) is 18.7 Å². The monoisotopic (exact) mass is 239 g/mol. The first-order chi connectivity index (χ1) is 7.95. The SMILES string of the molecule is Cc1nn(C)c(C)c1NC(=O)CNC(=O)CN. The number of carbonyl (C=O) groups excluding carboxylic acids is 2. The molecule has 94 valence electrons. The molecular formula is C10H17N5O2. The Morgan fingerprint density at radius 1 is 1.35 bits per heavy atom. The van der Waals surface area contributed by atoms with E-state index in [2.05, 4.69) is 15.7 Å². The number of aromatic nitrogens is 2. The van der Waals surface area contributed by atoms with Crippen LogP contribution in [0.5, 0.6) is 0 Å². The fourth-order valence-electron chi connectivity index (χ4n) is 1.39. The Balaban J connectivity index is 2.59. The molecule has 1 aromatic rings. The molecule has 0 bridgehead atoms. The highest BCUT2D eigenvalue weighted by Gasteiger charge is 2.12. The van der Waals surface area contributed by atoms with Crippen molar-refractivity contribution >= 4 is 17.5 Å². The minimum Gasteiger partial charge on any atom is -0.346 e. The van der Waals surface area contributed by atoms with E-state index in [1.165, 1.54) is 0 Å². The largest absolute Gasteiger partial charge is 0.346 e. The standard InChI is InChI=1S/C10H17N5O2/c1-6-10(7(2)15(3)14-6)13-9(17)5-12-8(16)4-11/h4-5,11H2,1-3H3,(H,12,16)(H,13,17). The highest BCUT2D eigenvalue weighted by Crippen LogP contribution is 2.17. The van der Waals surface area contributed by atoms with Crippen LogP contribution < -0.4 is 16.4 Å². The number of nitrogens with two attached hydrogens (primary N) is 1. The molecule has 0 saturated heterocycles. The van der Waals surface area contributed by atoms with E-state index in [4.69, 9.17) is 5.73 Å². The predicted octanol–water partition coefficient (Wildman–Crippen LogP) is -0.950. The Bertz CT molecular complexity index is 438. The molecule has 0 unspecified atom stereocenters. The molecule has 4 N–H and O–H groups in total. The quantitative estimate of drug-likeness (QED) is 0.630. The van der Waals surface area contributed by atoms with E-state index in [9.17, 15) is 9.59 Å². The summed E-state index contributed by atoms with van der Waals surface area (Å²) in [5.41, 5.74) is 7.39.